The van der Waals surface area contributed by atoms with Crippen molar-refractivity contribution in [3.05, 3.63) is 95.2 Å². The van der Waals surface area contributed by atoms with Crippen molar-refractivity contribution < 1.29 is 14.3 Å². The molecule has 1 aliphatic rings. The predicted molar refractivity (Wildman–Crippen MR) is 133 cm³/mol. The molecule has 6 heteroatoms. The van der Waals surface area contributed by atoms with Crippen LogP contribution in [-0.4, -0.2) is 35.4 Å². The van der Waals surface area contributed by atoms with E-state index in [0.29, 0.717) is 17.0 Å². The van der Waals surface area contributed by atoms with Crippen molar-refractivity contribution in [3.8, 4) is 5.75 Å². The summed E-state index contributed by atoms with van der Waals surface area (Å²) >= 11 is 0. The zero-order valence-corrected chi connectivity index (χ0v) is 19.7. The van der Waals surface area contributed by atoms with Gasteiger partial charge in [-0.25, -0.2) is 0 Å². The molecule has 5 rings (SSSR count). The fraction of sp³-hybridized carbons (Fsp3) is 0.214. The Kier molecular flexibility index (Phi) is 5.36. The highest BCUT2D eigenvalue weighted by molar-refractivity contribution is 6.05. The Morgan fingerprint density at radius 3 is 2.50 bits per heavy atom. The third kappa shape index (κ3) is 3.43. The molecule has 6 nitrogen and oxygen atoms in total. The summed E-state index contributed by atoms with van der Waals surface area (Å²) in [6, 6.07) is 20.7. The number of hydrogen-bond donors (Lipinski definition) is 1. The average molecular weight is 454 g/mol. The monoisotopic (exact) mass is 453 g/mol. The number of nitrogens with zero attached hydrogens (tertiary/aromatic N) is 2. The molecule has 2 unspecified atom stereocenters. The highest BCUT2D eigenvalue weighted by Crippen LogP contribution is 2.45. The van der Waals surface area contributed by atoms with Gasteiger partial charge in [-0.2, -0.15) is 0 Å². The highest BCUT2D eigenvalue weighted by atomic mass is 16.5. The molecule has 2 atom stereocenters. The molecule has 0 saturated heterocycles. The van der Waals surface area contributed by atoms with Gasteiger partial charge in [0.1, 0.15) is 5.75 Å². The molecule has 0 radical (unpaired) electrons. The highest BCUT2D eigenvalue weighted by Gasteiger charge is 2.43. The molecule has 1 aliphatic heterocycles. The maximum absolute atomic E-state index is 14.0. The van der Waals surface area contributed by atoms with Crippen molar-refractivity contribution in [2.24, 2.45) is 7.05 Å². The number of likely N-dealkylation sites (N-methyl/N-ethyl adjacent to an activating group) is 1. The van der Waals surface area contributed by atoms with Gasteiger partial charge >= 0.3 is 0 Å². The van der Waals surface area contributed by atoms with Crippen LogP contribution >= 0.6 is 0 Å². The number of fused-ring (bicyclic) bond motifs is 2. The summed E-state index contributed by atoms with van der Waals surface area (Å²) in [5.41, 5.74) is 4.90. The third-order valence-electron chi connectivity index (χ3n) is 6.72. The van der Waals surface area contributed by atoms with Crippen molar-refractivity contribution in [1.82, 2.24) is 9.47 Å². The van der Waals surface area contributed by atoms with Crippen LogP contribution in [0, 0.1) is 6.92 Å². The molecular formula is C28H27N3O3. The zero-order valence-electron chi connectivity index (χ0n) is 19.7. The van der Waals surface area contributed by atoms with Gasteiger partial charge in [0, 0.05) is 42.3 Å². The van der Waals surface area contributed by atoms with Gasteiger partial charge < -0.3 is 19.5 Å². The van der Waals surface area contributed by atoms with E-state index < -0.39 is 12.0 Å². The number of benzene rings is 3. The lowest BCUT2D eigenvalue weighted by atomic mass is 9.79. The van der Waals surface area contributed by atoms with Gasteiger partial charge in [-0.15, -0.1) is 0 Å². The Morgan fingerprint density at radius 1 is 0.971 bits per heavy atom. The predicted octanol–water partition coefficient (Wildman–Crippen LogP) is 5.04. The molecule has 0 aliphatic carbocycles. The lowest BCUT2D eigenvalue weighted by Gasteiger charge is -2.39. The Balaban J connectivity index is 1.68. The lowest BCUT2D eigenvalue weighted by Crippen LogP contribution is -2.44. The molecule has 34 heavy (non-hydrogen) atoms. The maximum atomic E-state index is 14.0. The molecule has 4 aromatic rings. The summed E-state index contributed by atoms with van der Waals surface area (Å²) in [6.07, 6.45) is 2.03. The van der Waals surface area contributed by atoms with Gasteiger partial charge in [0.2, 0.25) is 5.91 Å². The van der Waals surface area contributed by atoms with E-state index in [1.165, 1.54) is 0 Å². The summed E-state index contributed by atoms with van der Waals surface area (Å²) in [5, 5.41) is 4.12. The minimum atomic E-state index is -0.602. The van der Waals surface area contributed by atoms with Crippen LogP contribution < -0.4 is 10.1 Å². The number of methoxy groups -OCH3 is 1. The summed E-state index contributed by atoms with van der Waals surface area (Å²) in [7, 11) is 5.34. The number of anilines is 1. The van der Waals surface area contributed by atoms with Crippen molar-refractivity contribution in [2.45, 2.75) is 18.9 Å². The second-order valence-corrected chi connectivity index (χ2v) is 8.83. The van der Waals surface area contributed by atoms with Crippen LogP contribution in [0.15, 0.2) is 72.9 Å². The van der Waals surface area contributed by atoms with E-state index in [2.05, 4.69) is 5.32 Å². The minimum Gasteiger partial charge on any atom is -0.495 e. The normalized spacial score (nSPS) is 17.5. The SMILES string of the molecule is COc1ccc(C)cc1NC(=O)C1c2ccccc2C(=O)N(C)C1c1cn(C)c2ccccc12. The van der Waals surface area contributed by atoms with Crippen molar-refractivity contribution >= 4 is 28.4 Å². The van der Waals surface area contributed by atoms with Crippen molar-refractivity contribution in [2.75, 3.05) is 19.5 Å². The third-order valence-corrected chi connectivity index (χ3v) is 6.72. The molecule has 2 heterocycles. The number of para-hydroxylation sites is 1. The second-order valence-electron chi connectivity index (χ2n) is 8.83. The van der Waals surface area contributed by atoms with E-state index >= 15 is 0 Å². The molecule has 1 aromatic heterocycles. The Labute approximate surface area is 198 Å². The molecule has 0 saturated carbocycles. The zero-order chi connectivity index (χ0) is 24.0. The Hall–Kier alpha value is -4.06. The summed E-state index contributed by atoms with van der Waals surface area (Å²) in [4.78, 5) is 29.1. The van der Waals surface area contributed by atoms with Crippen LogP contribution in [0.25, 0.3) is 10.9 Å². The standard InChI is InChI=1S/C28H27N3O3/c1-17-13-14-24(34-4)22(15-17)29-27(32)25-19-10-5-6-11-20(19)28(33)31(3)26(25)21-16-30(2)23-12-8-7-9-18(21)23/h5-16,25-26H,1-4H3,(H,29,32). The van der Waals surface area contributed by atoms with Crippen LogP contribution in [0.1, 0.15) is 39.0 Å². The number of aryl methyl sites for hydroxylation is 2. The first-order valence-corrected chi connectivity index (χ1v) is 11.3. The van der Waals surface area contributed by atoms with Gasteiger partial charge in [0.25, 0.3) is 5.91 Å². The van der Waals surface area contributed by atoms with Crippen molar-refractivity contribution in [1.29, 1.82) is 0 Å². The molecular weight excluding hydrogens is 426 g/mol. The summed E-state index contributed by atoms with van der Waals surface area (Å²) in [6.45, 7) is 1.97. The fourth-order valence-electron chi connectivity index (χ4n) is 5.08. The number of nitrogens with one attached hydrogen (secondary N) is 1. The maximum Gasteiger partial charge on any atom is 0.254 e. The largest absolute Gasteiger partial charge is 0.495 e. The van der Waals surface area contributed by atoms with Crippen LogP contribution in [0.5, 0.6) is 5.75 Å². The quantitative estimate of drug-likeness (QED) is 0.471. The van der Waals surface area contributed by atoms with E-state index in [4.69, 9.17) is 4.74 Å². The van der Waals surface area contributed by atoms with Gasteiger partial charge in [0.15, 0.2) is 0 Å². The van der Waals surface area contributed by atoms with E-state index in [1.807, 2.05) is 85.4 Å². The van der Waals surface area contributed by atoms with Crippen LogP contribution in [0.3, 0.4) is 0 Å². The van der Waals surface area contributed by atoms with Crippen LogP contribution in [-0.2, 0) is 11.8 Å². The number of amides is 2. The fourth-order valence-corrected chi connectivity index (χ4v) is 5.08. The first-order chi connectivity index (χ1) is 16.4. The Bertz CT molecular complexity index is 1420. The summed E-state index contributed by atoms with van der Waals surface area (Å²) in [5.74, 6) is -0.288. The second kappa shape index (κ2) is 8.37. The molecule has 2 amide bonds. The van der Waals surface area contributed by atoms with E-state index in [1.54, 1.807) is 25.1 Å². The number of carbonyl (C=O) groups is 2. The molecule has 0 fully saturated rings. The smallest absolute Gasteiger partial charge is 0.254 e. The number of aromatic nitrogens is 1. The molecule has 1 N–H and O–H groups in total. The first kappa shape index (κ1) is 21.8. The summed E-state index contributed by atoms with van der Waals surface area (Å²) < 4.78 is 7.53. The van der Waals surface area contributed by atoms with E-state index in [0.717, 1.165) is 27.6 Å². The van der Waals surface area contributed by atoms with E-state index in [9.17, 15) is 9.59 Å². The van der Waals surface area contributed by atoms with Gasteiger partial charge in [-0.1, -0.05) is 42.5 Å². The molecule has 0 bridgehead atoms. The molecule has 172 valence electrons. The van der Waals surface area contributed by atoms with Crippen molar-refractivity contribution in [3.63, 3.8) is 0 Å². The Morgan fingerprint density at radius 2 is 1.71 bits per heavy atom. The van der Waals surface area contributed by atoms with Crippen LogP contribution in [0.2, 0.25) is 0 Å². The van der Waals surface area contributed by atoms with Crippen LogP contribution in [0.4, 0.5) is 5.69 Å². The lowest BCUT2D eigenvalue weighted by molar-refractivity contribution is -0.119. The minimum absolute atomic E-state index is 0.0919. The molecule has 0 spiro atoms. The van der Waals surface area contributed by atoms with Gasteiger partial charge in [-0.3, -0.25) is 9.59 Å². The number of rotatable bonds is 4. The van der Waals surface area contributed by atoms with Gasteiger partial charge in [-0.05, 0) is 42.3 Å². The topological polar surface area (TPSA) is 63.6 Å². The number of ether oxygens (including phenoxy) is 1. The van der Waals surface area contributed by atoms with Gasteiger partial charge in [0.05, 0.1) is 24.8 Å². The average Bonchev–Trinajstić information content (AvgIpc) is 3.17. The first-order valence-electron chi connectivity index (χ1n) is 11.3. The number of carbonyl (C=O) groups excluding carboxylic acids is 2. The van der Waals surface area contributed by atoms with E-state index in [-0.39, 0.29) is 11.8 Å². The number of hydrogen-bond acceptors (Lipinski definition) is 3. The molecule has 3 aromatic carbocycles.